The lowest BCUT2D eigenvalue weighted by atomic mass is 9.95. The predicted molar refractivity (Wildman–Crippen MR) is 56.1 cm³/mol. The molecular weight excluding hydrogens is 195 g/mol. The molecule has 0 aromatic heterocycles. The number of hydrogen-bond donors (Lipinski definition) is 1. The summed E-state index contributed by atoms with van der Waals surface area (Å²) in [5.41, 5.74) is 5.99. The van der Waals surface area contributed by atoms with Crippen LogP contribution < -0.4 is 5.73 Å². The molecule has 0 amide bonds. The average molecular weight is 208 g/mol. The van der Waals surface area contributed by atoms with Crippen LogP contribution in [-0.2, 0) is 11.2 Å². The fourth-order valence-electron chi connectivity index (χ4n) is 1.74. The van der Waals surface area contributed by atoms with Gasteiger partial charge in [-0.1, -0.05) is 12.1 Å². The van der Waals surface area contributed by atoms with E-state index in [4.69, 9.17) is 10.5 Å². The van der Waals surface area contributed by atoms with E-state index in [9.17, 15) is 4.39 Å². The number of hydrogen-bond acceptors (Lipinski definition) is 3. The first-order valence-electron chi connectivity index (χ1n) is 4.80. The first kappa shape index (κ1) is 9.96. The third-order valence-corrected chi connectivity index (χ3v) is 2.39. The highest BCUT2D eigenvalue weighted by atomic mass is 19.1. The SMILES string of the molecule is CC1(Cc2cccc(F)c2)COC(N)=N1. The number of nitrogens with zero attached hydrogens (tertiary/aromatic N) is 1. The van der Waals surface area contributed by atoms with Crippen LogP contribution in [-0.4, -0.2) is 18.2 Å². The van der Waals surface area contributed by atoms with E-state index in [0.29, 0.717) is 13.0 Å². The van der Waals surface area contributed by atoms with Crippen LogP contribution in [0.3, 0.4) is 0 Å². The first-order valence-corrected chi connectivity index (χ1v) is 4.80. The Kier molecular flexibility index (Phi) is 2.34. The summed E-state index contributed by atoms with van der Waals surface area (Å²) in [7, 11) is 0. The van der Waals surface area contributed by atoms with Crippen molar-refractivity contribution in [3.63, 3.8) is 0 Å². The van der Waals surface area contributed by atoms with Crippen molar-refractivity contribution in [2.75, 3.05) is 6.61 Å². The van der Waals surface area contributed by atoms with Crippen molar-refractivity contribution < 1.29 is 9.13 Å². The van der Waals surface area contributed by atoms with Gasteiger partial charge < -0.3 is 10.5 Å². The molecule has 0 saturated carbocycles. The van der Waals surface area contributed by atoms with Crippen molar-refractivity contribution in [1.82, 2.24) is 0 Å². The largest absolute Gasteiger partial charge is 0.463 e. The topological polar surface area (TPSA) is 47.6 Å². The van der Waals surface area contributed by atoms with Crippen LogP contribution >= 0.6 is 0 Å². The van der Waals surface area contributed by atoms with E-state index in [-0.39, 0.29) is 17.4 Å². The minimum Gasteiger partial charge on any atom is -0.463 e. The highest BCUT2D eigenvalue weighted by molar-refractivity contribution is 5.73. The van der Waals surface area contributed by atoms with E-state index in [1.54, 1.807) is 6.07 Å². The smallest absolute Gasteiger partial charge is 0.282 e. The number of rotatable bonds is 2. The van der Waals surface area contributed by atoms with Crippen molar-refractivity contribution in [2.24, 2.45) is 10.7 Å². The zero-order chi connectivity index (χ0) is 10.9. The summed E-state index contributed by atoms with van der Waals surface area (Å²) < 4.78 is 18.1. The van der Waals surface area contributed by atoms with Crippen LogP contribution in [0.15, 0.2) is 29.3 Å². The van der Waals surface area contributed by atoms with E-state index in [1.807, 2.05) is 13.0 Å². The van der Waals surface area contributed by atoms with E-state index >= 15 is 0 Å². The van der Waals surface area contributed by atoms with E-state index in [1.165, 1.54) is 12.1 Å². The van der Waals surface area contributed by atoms with Crippen molar-refractivity contribution >= 4 is 6.02 Å². The third kappa shape index (κ3) is 2.26. The first-order chi connectivity index (χ1) is 7.07. The molecular formula is C11H13FN2O. The minimum absolute atomic E-state index is 0.217. The zero-order valence-corrected chi connectivity index (χ0v) is 8.53. The summed E-state index contributed by atoms with van der Waals surface area (Å²) in [6.45, 7) is 2.40. The van der Waals surface area contributed by atoms with Crippen molar-refractivity contribution in [3.05, 3.63) is 35.6 Å². The van der Waals surface area contributed by atoms with Gasteiger partial charge in [0.25, 0.3) is 6.02 Å². The predicted octanol–water partition coefficient (Wildman–Crippen LogP) is 1.47. The minimum atomic E-state index is -0.363. The Labute approximate surface area is 87.8 Å². The van der Waals surface area contributed by atoms with Crippen LogP contribution in [0.5, 0.6) is 0 Å². The lowest BCUT2D eigenvalue weighted by Gasteiger charge is -2.17. The second-order valence-electron chi connectivity index (χ2n) is 4.04. The van der Waals surface area contributed by atoms with Crippen molar-refractivity contribution in [3.8, 4) is 0 Å². The summed E-state index contributed by atoms with van der Waals surface area (Å²) in [6, 6.07) is 6.72. The van der Waals surface area contributed by atoms with Crippen LogP contribution in [0.2, 0.25) is 0 Å². The summed E-state index contributed by atoms with van der Waals surface area (Å²) >= 11 is 0. The fraction of sp³-hybridized carbons (Fsp3) is 0.364. The van der Waals surface area contributed by atoms with Crippen LogP contribution in [0, 0.1) is 5.82 Å². The van der Waals surface area contributed by atoms with Gasteiger partial charge in [-0.05, 0) is 24.6 Å². The van der Waals surface area contributed by atoms with Crippen LogP contribution in [0.25, 0.3) is 0 Å². The van der Waals surface area contributed by atoms with Crippen molar-refractivity contribution in [2.45, 2.75) is 18.9 Å². The number of ether oxygens (including phenoxy) is 1. The second-order valence-corrected chi connectivity index (χ2v) is 4.04. The van der Waals surface area contributed by atoms with E-state index in [2.05, 4.69) is 4.99 Å². The maximum atomic E-state index is 13.0. The molecule has 2 N–H and O–H groups in total. The number of nitrogens with two attached hydrogens (primary N) is 1. The van der Waals surface area contributed by atoms with Gasteiger partial charge >= 0.3 is 0 Å². The Bertz CT molecular complexity index is 405. The van der Waals surface area contributed by atoms with E-state index in [0.717, 1.165) is 5.56 Å². The Hall–Kier alpha value is -1.58. The summed E-state index contributed by atoms with van der Waals surface area (Å²) in [4.78, 5) is 4.20. The summed E-state index contributed by atoms with van der Waals surface area (Å²) in [5, 5.41) is 0. The molecule has 0 bridgehead atoms. The molecule has 0 saturated heterocycles. The van der Waals surface area contributed by atoms with Gasteiger partial charge in [0.1, 0.15) is 18.0 Å². The number of amidine groups is 1. The maximum Gasteiger partial charge on any atom is 0.282 e. The molecule has 1 unspecified atom stereocenters. The lowest BCUT2D eigenvalue weighted by molar-refractivity contribution is 0.263. The Morgan fingerprint density at radius 3 is 3.00 bits per heavy atom. The summed E-state index contributed by atoms with van der Waals surface area (Å²) in [6.07, 6.45) is 0.630. The van der Waals surface area contributed by atoms with Crippen LogP contribution in [0.1, 0.15) is 12.5 Å². The Morgan fingerprint density at radius 2 is 2.40 bits per heavy atom. The average Bonchev–Trinajstić information content (AvgIpc) is 2.45. The number of benzene rings is 1. The molecule has 2 rings (SSSR count). The molecule has 0 aliphatic carbocycles. The summed E-state index contributed by atoms with van der Waals surface area (Å²) in [5.74, 6) is -0.230. The van der Waals surface area contributed by atoms with Gasteiger partial charge in [0, 0.05) is 6.42 Å². The Balaban J connectivity index is 2.15. The number of halogens is 1. The standard InChI is InChI=1S/C11H13FN2O/c1-11(7-15-10(13)14-11)6-8-3-2-4-9(12)5-8/h2-5H,6-7H2,1H3,(H2,13,14). The van der Waals surface area contributed by atoms with Gasteiger partial charge in [-0.3, -0.25) is 0 Å². The number of aliphatic imine (C=N–C) groups is 1. The molecule has 1 aliphatic rings. The maximum absolute atomic E-state index is 13.0. The van der Waals surface area contributed by atoms with Gasteiger partial charge in [-0.25, -0.2) is 9.38 Å². The molecule has 1 aliphatic heterocycles. The molecule has 1 aromatic carbocycles. The molecule has 4 heteroatoms. The van der Waals surface area contributed by atoms with Crippen LogP contribution in [0.4, 0.5) is 4.39 Å². The molecule has 0 fully saturated rings. The molecule has 1 aromatic rings. The molecule has 15 heavy (non-hydrogen) atoms. The molecule has 0 spiro atoms. The van der Waals surface area contributed by atoms with Gasteiger partial charge in [0.05, 0.1) is 0 Å². The van der Waals surface area contributed by atoms with Gasteiger partial charge in [0.15, 0.2) is 0 Å². The molecule has 1 atom stereocenters. The van der Waals surface area contributed by atoms with E-state index < -0.39 is 0 Å². The van der Waals surface area contributed by atoms with Gasteiger partial charge in [0.2, 0.25) is 0 Å². The lowest BCUT2D eigenvalue weighted by Crippen LogP contribution is -2.26. The fourth-order valence-corrected chi connectivity index (χ4v) is 1.74. The van der Waals surface area contributed by atoms with Gasteiger partial charge in [-0.15, -0.1) is 0 Å². The van der Waals surface area contributed by atoms with Gasteiger partial charge in [-0.2, -0.15) is 0 Å². The molecule has 3 nitrogen and oxygen atoms in total. The highest BCUT2D eigenvalue weighted by Gasteiger charge is 2.30. The quantitative estimate of drug-likeness (QED) is 0.800. The monoisotopic (exact) mass is 208 g/mol. The molecule has 0 radical (unpaired) electrons. The highest BCUT2D eigenvalue weighted by Crippen LogP contribution is 2.22. The van der Waals surface area contributed by atoms with Crippen molar-refractivity contribution in [1.29, 1.82) is 0 Å². The normalized spacial score (nSPS) is 24.8. The zero-order valence-electron chi connectivity index (χ0n) is 8.53. The molecule has 1 heterocycles. The molecule has 80 valence electrons. The Morgan fingerprint density at radius 1 is 1.60 bits per heavy atom. The second kappa shape index (κ2) is 3.53. The third-order valence-electron chi connectivity index (χ3n) is 2.39.